The van der Waals surface area contributed by atoms with Crippen molar-refractivity contribution >= 4 is 0 Å². The Hall–Kier alpha value is -3.06. The molecule has 0 atom stereocenters. The number of hydrogen-bond donors (Lipinski definition) is 3. The van der Waals surface area contributed by atoms with Crippen LogP contribution in [0.4, 0.5) is 0 Å². The van der Waals surface area contributed by atoms with E-state index < -0.39 is 0 Å². The van der Waals surface area contributed by atoms with Gasteiger partial charge in [0.05, 0.1) is 19.8 Å². The summed E-state index contributed by atoms with van der Waals surface area (Å²) in [5, 5.41) is 0. The monoisotopic (exact) mass is 854 g/mol. The first-order valence-corrected chi connectivity index (χ1v) is 26.1. The molecule has 0 radical (unpaired) electrons. The second-order valence-electron chi connectivity index (χ2n) is 18.3. The number of hydrogen-bond acceptors (Lipinski definition) is 6. The van der Waals surface area contributed by atoms with Gasteiger partial charge in [0.1, 0.15) is 17.2 Å². The topological polar surface area (TPSA) is 106 Å². The zero-order valence-corrected chi connectivity index (χ0v) is 39.5. The summed E-state index contributed by atoms with van der Waals surface area (Å²) in [6.07, 6.45) is 39.2. The molecule has 4 rings (SSSR count). The van der Waals surface area contributed by atoms with Crippen molar-refractivity contribution < 1.29 is 14.2 Å². The van der Waals surface area contributed by atoms with Crippen LogP contribution in [0.3, 0.4) is 0 Å². The van der Waals surface area contributed by atoms with Crippen molar-refractivity contribution in [3.63, 3.8) is 0 Å². The van der Waals surface area contributed by atoms with E-state index in [1.807, 2.05) is 0 Å². The first-order chi connectivity index (χ1) is 30.8. The highest BCUT2D eigenvalue weighted by Gasteiger charge is 2.31. The highest BCUT2D eigenvalue weighted by atomic mass is 16.5. The standard InChI is InChI=1S/C56H91N3O3/c57-40-25-19-13-7-1-4-10-16-22-28-43-60-49-35-31-34-48(46-49)56-50-36-32-38-54(61-44-29-23-17-11-5-2-8-14-20-26-41-58)52(50)47-53-51(56)37-33-39-55(53)62-45-30-24-18-12-6-3-9-15-21-27-42-59/h31-39,46,56H,1-30,40-45,47,57-59H2. The number of unbranched alkanes of at least 4 members (excludes halogenated alkanes) is 27. The Balaban J connectivity index is 1.34. The molecule has 1 aliphatic rings. The predicted octanol–water partition coefficient (Wildman–Crippen LogP) is 14.5. The lowest BCUT2D eigenvalue weighted by Gasteiger charge is -2.31. The van der Waals surface area contributed by atoms with E-state index in [0.717, 1.165) is 82.4 Å². The number of fused-ring (bicyclic) bond motifs is 2. The largest absolute Gasteiger partial charge is 0.494 e. The predicted molar refractivity (Wildman–Crippen MR) is 265 cm³/mol. The molecule has 1 aliphatic carbocycles. The van der Waals surface area contributed by atoms with Crippen LogP contribution in [-0.2, 0) is 6.42 Å². The molecule has 0 spiro atoms. The molecule has 3 aromatic carbocycles. The molecule has 3 aromatic rings. The molecule has 0 heterocycles. The van der Waals surface area contributed by atoms with Crippen LogP contribution in [0.5, 0.6) is 17.2 Å². The minimum Gasteiger partial charge on any atom is -0.494 e. The lowest BCUT2D eigenvalue weighted by atomic mass is 9.74. The first kappa shape index (κ1) is 51.6. The molecule has 0 saturated carbocycles. The molecule has 0 unspecified atom stereocenters. The van der Waals surface area contributed by atoms with Gasteiger partial charge in [-0.25, -0.2) is 0 Å². The van der Waals surface area contributed by atoms with Crippen LogP contribution < -0.4 is 31.4 Å². The second-order valence-corrected chi connectivity index (χ2v) is 18.3. The van der Waals surface area contributed by atoms with Crippen LogP contribution in [0.1, 0.15) is 226 Å². The third-order valence-corrected chi connectivity index (χ3v) is 13.1. The summed E-state index contributed by atoms with van der Waals surface area (Å²) < 4.78 is 19.8. The molecule has 0 amide bonds. The summed E-state index contributed by atoms with van der Waals surface area (Å²) in [6.45, 7) is 4.78. The average Bonchev–Trinajstić information content (AvgIpc) is 3.29. The van der Waals surface area contributed by atoms with Gasteiger partial charge >= 0.3 is 0 Å². The summed E-state index contributed by atoms with van der Waals surface area (Å²) in [6, 6.07) is 22.3. The number of nitrogens with two attached hydrogens (primary N) is 3. The van der Waals surface area contributed by atoms with Crippen molar-refractivity contribution in [1.82, 2.24) is 0 Å². The quantitative estimate of drug-likeness (QED) is 0.0385. The molecule has 0 fully saturated rings. The molecule has 0 bridgehead atoms. The van der Waals surface area contributed by atoms with Crippen molar-refractivity contribution in [2.24, 2.45) is 17.2 Å². The second kappa shape index (κ2) is 34.4. The number of benzene rings is 3. The van der Waals surface area contributed by atoms with E-state index in [-0.39, 0.29) is 5.92 Å². The van der Waals surface area contributed by atoms with Crippen molar-refractivity contribution in [2.75, 3.05) is 39.5 Å². The Morgan fingerprint density at radius 2 is 0.677 bits per heavy atom. The van der Waals surface area contributed by atoms with Crippen LogP contribution >= 0.6 is 0 Å². The van der Waals surface area contributed by atoms with Crippen LogP contribution in [0.15, 0.2) is 60.7 Å². The van der Waals surface area contributed by atoms with Gasteiger partial charge in [-0.1, -0.05) is 190 Å². The lowest BCUT2D eigenvalue weighted by molar-refractivity contribution is 0.297. The van der Waals surface area contributed by atoms with Gasteiger partial charge in [-0.05, 0) is 99.1 Å². The fourth-order valence-electron chi connectivity index (χ4n) is 9.38. The van der Waals surface area contributed by atoms with Crippen LogP contribution in [0.2, 0.25) is 0 Å². The van der Waals surface area contributed by atoms with Crippen molar-refractivity contribution in [3.05, 3.63) is 88.5 Å². The molecule has 6 heteroatoms. The zero-order chi connectivity index (χ0) is 43.6. The molecular weight excluding hydrogens is 763 g/mol. The van der Waals surface area contributed by atoms with Gasteiger partial charge in [0.15, 0.2) is 0 Å². The van der Waals surface area contributed by atoms with Crippen molar-refractivity contribution in [3.8, 4) is 17.2 Å². The number of rotatable bonds is 40. The molecule has 0 aliphatic heterocycles. The third-order valence-electron chi connectivity index (χ3n) is 13.1. The van der Waals surface area contributed by atoms with Crippen LogP contribution in [0, 0.1) is 0 Å². The van der Waals surface area contributed by atoms with E-state index in [1.54, 1.807) is 0 Å². The molecule has 62 heavy (non-hydrogen) atoms. The van der Waals surface area contributed by atoms with Crippen molar-refractivity contribution in [1.29, 1.82) is 0 Å². The van der Waals surface area contributed by atoms with E-state index in [4.69, 9.17) is 31.4 Å². The van der Waals surface area contributed by atoms with Gasteiger partial charge in [-0.3, -0.25) is 0 Å². The highest BCUT2D eigenvalue weighted by molar-refractivity contribution is 5.61. The Kier molecular flexibility index (Phi) is 28.6. The summed E-state index contributed by atoms with van der Waals surface area (Å²) in [5.41, 5.74) is 23.5. The fourth-order valence-corrected chi connectivity index (χ4v) is 9.38. The van der Waals surface area contributed by atoms with E-state index in [0.29, 0.717) is 0 Å². The number of ether oxygens (including phenoxy) is 3. The lowest BCUT2D eigenvalue weighted by Crippen LogP contribution is -2.18. The molecule has 0 aromatic heterocycles. The summed E-state index contributed by atoms with van der Waals surface area (Å²) >= 11 is 0. The SMILES string of the molecule is NCCCCCCCCCCCCOc1cccc(C2c3cccc(OCCCCCCCCCCCCN)c3Cc3c(OCCCCCCCCCCCCN)cccc32)c1. The normalized spacial score (nSPS) is 12.4. The Labute approximate surface area is 380 Å². The average molecular weight is 854 g/mol. The highest BCUT2D eigenvalue weighted by Crippen LogP contribution is 2.47. The Morgan fingerprint density at radius 1 is 0.355 bits per heavy atom. The Bertz CT molecular complexity index is 1470. The van der Waals surface area contributed by atoms with Crippen LogP contribution in [0.25, 0.3) is 0 Å². The zero-order valence-electron chi connectivity index (χ0n) is 39.5. The maximum Gasteiger partial charge on any atom is 0.123 e. The van der Waals surface area contributed by atoms with E-state index in [9.17, 15) is 0 Å². The minimum absolute atomic E-state index is 0.0883. The van der Waals surface area contributed by atoms with E-state index >= 15 is 0 Å². The van der Waals surface area contributed by atoms with E-state index in [2.05, 4.69) is 60.7 Å². The summed E-state index contributed by atoms with van der Waals surface area (Å²) in [5.74, 6) is 3.12. The maximum absolute atomic E-state index is 6.67. The molecule has 348 valence electrons. The fraction of sp³-hybridized carbons (Fsp3) is 0.679. The third kappa shape index (κ3) is 20.6. The van der Waals surface area contributed by atoms with Gasteiger partial charge in [-0.15, -0.1) is 0 Å². The first-order valence-electron chi connectivity index (χ1n) is 26.1. The van der Waals surface area contributed by atoms with Crippen molar-refractivity contribution in [2.45, 2.75) is 205 Å². The van der Waals surface area contributed by atoms with Gasteiger partial charge in [-0.2, -0.15) is 0 Å². The maximum atomic E-state index is 6.67. The Morgan fingerprint density at radius 3 is 1.05 bits per heavy atom. The smallest absolute Gasteiger partial charge is 0.123 e. The van der Waals surface area contributed by atoms with Gasteiger partial charge in [0.2, 0.25) is 0 Å². The van der Waals surface area contributed by atoms with E-state index in [1.165, 1.54) is 201 Å². The van der Waals surface area contributed by atoms with Gasteiger partial charge < -0.3 is 31.4 Å². The van der Waals surface area contributed by atoms with Gasteiger partial charge in [0, 0.05) is 23.5 Å². The molecular formula is C56H91N3O3. The van der Waals surface area contributed by atoms with Gasteiger partial charge in [0.25, 0.3) is 0 Å². The molecule has 6 nitrogen and oxygen atoms in total. The minimum atomic E-state index is 0.0883. The molecule has 6 N–H and O–H groups in total. The summed E-state index contributed by atoms with van der Waals surface area (Å²) in [7, 11) is 0. The van der Waals surface area contributed by atoms with Crippen LogP contribution in [-0.4, -0.2) is 39.5 Å². The summed E-state index contributed by atoms with van der Waals surface area (Å²) in [4.78, 5) is 0. The molecule has 0 saturated heterocycles.